The molecule has 1 aromatic heterocycles. The predicted octanol–water partition coefficient (Wildman–Crippen LogP) is 1.34. The van der Waals surface area contributed by atoms with Crippen LogP contribution in [0.3, 0.4) is 0 Å². The van der Waals surface area contributed by atoms with Gasteiger partial charge in [0.05, 0.1) is 22.3 Å². The standard InChI is InChI=1S/C17H15ClN3O3S.Na/c1-2-24-14-7-3-12(4-8-14)16-17(18)20-11-21(16)13-5-9-15(10-6-13)25(19,22)23;/h3-11H,2H2,1H3,(H-,19,22,23);/q-1;+1. The van der Waals surface area contributed by atoms with Gasteiger partial charge in [0.2, 0.25) is 0 Å². The number of benzene rings is 2. The fourth-order valence-corrected chi connectivity index (χ4v) is 3.18. The predicted molar refractivity (Wildman–Crippen MR) is 96.7 cm³/mol. The molecule has 9 heteroatoms. The second-order valence-electron chi connectivity index (χ2n) is 5.21. The van der Waals surface area contributed by atoms with Gasteiger partial charge in [0, 0.05) is 16.1 Å². The molecule has 0 bridgehead atoms. The van der Waals surface area contributed by atoms with Crippen molar-refractivity contribution < 1.29 is 42.7 Å². The molecule has 0 amide bonds. The van der Waals surface area contributed by atoms with E-state index < -0.39 is 10.0 Å². The zero-order valence-electron chi connectivity index (χ0n) is 14.3. The second kappa shape index (κ2) is 8.56. The van der Waals surface area contributed by atoms with Crippen LogP contribution in [0, 0.1) is 0 Å². The summed E-state index contributed by atoms with van der Waals surface area (Å²) in [5, 5.41) is 7.44. The van der Waals surface area contributed by atoms with Crippen LogP contribution in [-0.4, -0.2) is 24.6 Å². The van der Waals surface area contributed by atoms with Crippen molar-refractivity contribution in [2.24, 2.45) is 0 Å². The van der Waals surface area contributed by atoms with Gasteiger partial charge in [-0.05, 0) is 55.5 Å². The van der Waals surface area contributed by atoms with Crippen LogP contribution >= 0.6 is 11.6 Å². The summed E-state index contributed by atoms with van der Waals surface area (Å²) in [7, 11) is -3.98. The second-order valence-corrected chi connectivity index (χ2v) is 7.05. The molecule has 3 aromatic rings. The quantitative estimate of drug-likeness (QED) is 0.606. The van der Waals surface area contributed by atoms with Crippen molar-refractivity contribution in [3.05, 3.63) is 65.2 Å². The molecule has 130 valence electrons. The molecule has 0 atom stereocenters. The minimum Gasteiger partial charge on any atom is -0.560 e. The van der Waals surface area contributed by atoms with Crippen molar-refractivity contribution in [2.45, 2.75) is 11.8 Å². The van der Waals surface area contributed by atoms with Crippen LogP contribution in [0.1, 0.15) is 6.92 Å². The molecule has 0 aliphatic heterocycles. The van der Waals surface area contributed by atoms with E-state index in [1.807, 2.05) is 31.2 Å². The van der Waals surface area contributed by atoms with Crippen LogP contribution in [0.4, 0.5) is 0 Å². The number of rotatable bonds is 5. The maximum absolute atomic E-state index is 11.3. The van der Waals surface area contributed by atoms with E-state index in [4.69, 9.17) is 21.5 Å². The Hall–Kier alpha value is -1.35. The number of aromatic nitrogens is 2. The molecule has 0 radical (unpaired) electrons. The van der Waals surface area contributed by atoms with Crippen molar-refractivity contribution in [2.75, 3.05) is 6.61 Å². The Morgan fingerprint density at radius 1 is 1.12 bits per heavy atom. The molecule has 0 spiro atoms. The van der Waals surface area contributed by atoms with Gasteiger partial charge in [-0.1, -0.05) is 11.6 Å². The first-order valence-electron chi connectivity index (χ1n) is 7.46. The molecule has 0 saturated carbocycles. The van der Waals surface area contributed by atoms with Gasteiger partial charge in [0.25, 0.3) is 0 Å². The van der Waals surface area contributed by atoms with Crippen molar-refractivity contribution in [3.63, 3.8) is 0 Å². The summed E-state index contributed by atoms with van der Waals surface area (Å²) in [4.78, 5) is 4.08. The average Bonchev–Trinajstić information content (AvgIpc) is 2.97. The summed E-state index contributed by atoms with van der Waals surface area (Å²) in [6.07, 6.45) is 1.57. The Labute approximate surface area is 179 Å². The number of hydrogen-bond acceptors (Lipinski definition) is 4. The number of ether oxygens (including phenoxy) is 1. The van der Waals surface area contributed by atoms with Crippen LogP contribution < -0.4 is 34.3 Å². The van der Waals surface area contributed by atoms with E-state index in [-0.39, 0.29) is 34.5 Å². The topological polar surface area (TPSA) is 85.0 Å². The summed E-state index contributed by atoms with van der Waals surface area (Å²) in [6.45, 7) is 2.50. The number of nitrogens with zero attached hydrogens (tertiary/aromatic N) is 2. The maximum Gasteiger partial charge on any atom is 1.00 e. The van der Waals surface area contributed by atoms with Crippen LogP contribution in [0.25, 0.3) is 22.1 Å². The molecule has 0 aliphatic rings. The van der Waals surface area contributed by atoms with E-state index in [0.717, 1.165) is 11.3 Å². The zero-order chi connectivity index (χ0) is 18.0. The molecule has 0 unspecified atom stereocenters. The van der Waals surface area contributed by atoms with E-state index in [0.29, 0.717) is 23.1 Å². The minimum absolute atomic E-state index is 0. The molecule has 1 N–H and O–H groups in total. The van der Waals surface area contributed by atoms with Crippen LogP contribution in [0.2, 0.25) is 5.15 Å². The number of sulfonamides is 1. The average molecular weight is 400 g/mol. The fraction of sp³-hybridized carbons (Fsp3) is 0.118. The maximum atomic E-state index is 11.3. The van der Waals surface area contributed by atoms with E-state index in [9.17, 15) is 8.42 Å². The van der Waals surface area contributed by atoms with Gasteiger partial charge in [-0.2, -0.15) is 0 Å². The number of nitrogens with one attached hydrogen (secondary N) is 1. The van der Waals surface area contributed by atoms with Crippen LogP contribution in [0.5, 0.6) is 5.75 Å². The van der Waals surface area contributed by atoms with Gasteiger partial charge < -0.3 is 9.88 Å². The van der Waals surface area contributed by atoms with Gasteiger partial charge in [-0.15, -0.1) is 0 Å². The zero-order valence-corrected chi connectivity index (χ0v) is 17.9. The van der Waals surface area contributed by atoms with Crippen molar-refractivity contribution >= 4 is 21.6 Å². The Bertz CT molecular complexity index is 987. The number of halogens is 1. The summed E-state index contributed by atoms with van der Waals surface area (Å²) in [6, 6.07) is 13.4. The third kappa shape index (κ3) is 4.49. The summed E-state index contributed by atoms with van der Waals surface area (Å²) < 4.78 is 29.7. The molecule has 3 rings (SSSR count). The van der Waals surface area contributed by atoms with Gasteiger partial charge in [-0.3, -0.25) is 4.57 Å². The molecule has 2 aromatic carbocycles. The molecular formula is C17H15ClN3NaO3S. The molecule has 6 nitrogen and oxygen atoms in total. The number of hydrogen-bond donors (Lipinski definition) is 0. The van der Waals surface area contributed by atoms with E-state index in [2.05, 4.69) is 4.98 Å². The molecule has 1 heterocycles. The SMILES string of the molecule is CCOc1ccc(-c2c(Cl)ncn2-c2ccc(S([NH-])(=O)=O)cc2)cc1.[Na+]. The third-order valence-electron chi connectivity index (χ3n) is 3.59. The Balaban J connectivity index is 0.00000243. The molecule has 0 saturated heterocycles. The van der Waals surface area contributed by atoms with E-state index in [1.54, 1.807) is 23.0 Å². The minimum atomic E-state index is -3.98. The molecule has 0 aliphatic carbocycles. The molecule has 26 heavy (non-hydrogen) atoms. The Kier molecular flexibility index (Phi) is 6.90. The summed E-state index contributed by atoms with van der Waals surface area (Å²) in [5.41, 5.74) is 2.23. The van der Waals surface area contributed by atoms with Crippen LogP contribution in [0.15, 0.2) is 59.8 Å². The third-order valence-corrected chi connectivity index (χ3v) is 4.76. The monoisotopic (exact) mass is 399 g/mol. The first-order chi connectivity index (χ1) is 11.9. The Morgan fingerprint density at radius 2 is 1.73 bits per heavy atom. The van der Waals surface area contributed by atoms with E-state index in [1.165, 1.54) is 12.1 Å². The smallest absolute Gasteiger partial charge is 0.560 e. The van der Waals surface area contributed by atoms with E-state index >= 15 is 0 Å². The first-order valence-corrected chi connectivity index (χ1v) is 9.32. The summed E-state index contributed by atoms with van der Waals surface area (Å²) in [5.74, 6) is 0.762. The van der Waals surface area contributed by atoms with Crippen LogP contribution in [-0.2, 0) is 10.0 Å². The number of imidazole rings is 1. The molecule has 0 fully saturated rings. The van der Waals surface area contributed by atoms with Crippen molar-refractivity contribution in [3.8, 4) is 22.7 Å². The largest absolute Gasteiger partial charge is 1.00 e. The van der Waals surface area contributed by atoms with Crippen molar-refractivity contribution in [1.29, 1.82) is 0 Å². The van der Waals surface area contributed by atoms with Gasteiger partial charge >= 0.3 is 29.6 Å². The normalized spacial score (nSPS) is 11.0. The fourth-order valence-electron chi connectivity index (χ4n) is 2.44. The molecular weight excluding hydrogens is 385 g/mol. The van der Waals surface area contributed by atoms with Gasteiger partial charge in [-0.25, -0.2) is 13.4 Å². The Morgan fingerprint density at radius 3 is 2.27 bits per heavy atom. The van der Waals surface area contributed by atoms with Crippen molar-refractivity contribution in [1.82, 2.24) is 9.55 Å². The first kappa shape index (κ1) is 21.0. The summed E-state index contributed by atoms with van der Waals surface area (Å²) >= 11 is 6.25. The van der Waals surface area contributed by atoms with Gasteiger partial charge in [0.1, 0.15) is 12.1 Å². The van der Waals surface area contributed by atoms with Gasteiger partial charge in [0.15, 0.2) is 5.15 Å².